The van der Waals surface area contributed by atoms with Crippen molar-refractivity contribution in [2.45, 2.75) is 6.92 Å². The minimum Gasteiger partial charge on any atom is -0.332 e. The van der Waals surface area contributed by atoms with Gasteiger partial charge in [0.05, 0.1) is 5.69 Å². The Morgan fingerprint density at radius 3 is 2.30 bits per heavy atom. The molecule has 0 aliphatic carbocycles. The minimum absolute atomic E-state index is 0.495. The van der Waals surface area contributed by atoms with Crippen molar-refractivity contribution in [1.29, 1.82) is 0 Å². The summed E-state index contributed by atoms with van der Waals surface area (Å²) in [7, 11) is 0. The molecule has 1 heterocycles. The van der Waals surface area contributed by atoms with Crippen LogP contribution in [-0.4, -0.2) is 42.9 Å². The fourth-order valence-electron chi connectivity index (χ4n) is 2.00. The largest absolute Gasteiger partial charge is 0.332 e. The summed E-state index contributed by atoms with van der Waals surface area (Å²) in [5.74, 6) is -1.11. The Morgan fingerprint density at radius 1 is 1.20 bits per heavy atom. The lowest BCUT2D eigenvalue weighted by Crippen LogP contribution is -2.49. The van der Waals surface area contributed by atoms with Crippen molar-refractivity contribution in [1.82, 2.24) is 10.2 Å². The van der Waals surface area contributed by atoms with Crippen molar-refractivity contribution in [3.63, 3.8) is 0 Å². The summed E-state index contributed by atoms with van der Waals surface area (Å²) >= 11 is 6.78. The monoisotopic (exact) mass is 403 g/mol. The van der Waals surface area contributed by atoms with Crippen LogP contribution in [0.1, 0.15) is 5.56 Å². The highest BCUT2D eigenvalue weighted by Crippen LogP contribution is 2.32. The van der Waals surface area contributed by atoms with Gasteiger partial charge in [0.25, 0.3) is 0 Å². The van der Waals surface area contributed by atoms with Gasteiger partial charge in [-0.05, 0) is 56.5 Å². The molecular formula is C13H15Br2N3O2. The molecule has 0 radical (unpaired) electrons. The molecule has 0 spiro atoms. The van der Waals surface area contributed by atoms with Crippen molar-refractivity contribution < 1.29 is 9.59 Å². The molecule has 1 fully saturated rings. The van der Waals surface area contributed by atoms with Gasteiger partial charge in [-0.1, -0.05) is 0 Å². The summed E-state index contributed by atoms with van der Waals surface area (Å²) < 4.78 is 1.48. The van der Waals surface area contributed by atoms with E-state index < -0.39 is 11.8 Å². The van der Waals surface area contributed by atoms with Crippen LogP contribution in [0.2, 0.25) is 0 Å². The average Bonchev–Trinajstić information content (AvgIpc) is 2.42. The van der Waals surface area contributed by atoms with Crippen LogP contribution in [0, 0.1) is 6.92 Å². The first-order valence-electron chi connectivity index (χ1n) is 6.25. The minimum atomic E-state index is -0.614. The van der Waals surface area contributed by atoms with Crippen molar-refractivity contribution in [3.05, 3.63) is 26.6 Å². The third-order valence-corrected chi connectivity index (χ3v) is 4.27. The topological polar surface area (TPSA) is 61.4 Å². The molecule has 1 saturated heterocycles. The predicted molar refractivity (Wildman–Crippen MR) is 84.7 cm³/mol. The van der Waals surface area contributed by atoms with Gasteiger partial charge in [0.1, 0.15) is 0 Å². The smallest absolute Gasteiger partial charge is 0.313 e. The Kier molecular flexibility index (Phi) is 5.17. The average molecular weight is 405 g/mol. The summed E-state index contributed by atoms with van der Waals surface area (Å²) in [5, 5.41) is 5.80. The lowest BCUT2D eigenvalue weighted by Gasteiger charge is -2.26. The highest BCUT2D eigenvalue weighted by molar-refractivity contribution is 9.11. The van der Waals surface area contributed by atoms with Crippen LogP contribution in [0.25, 0.3) is 0 Å². The second-order valence-electron chi connectivity index (χ2n) is 4.60. The molecule has 2 N–H and O–H groups in total. The molecule has 7 heteroatoms. The summed E-state index contributed by atoms with van der Waals surface area (Å²) in [6.07, 6.45) is 0. The molecule has 108 valence electrons. The van der Waals surface area contributed by atoms with Gasteiger partial charge in [-0.2, -0.15) is 0 Å². The molecule has 0 bridgehead atoms. The molecule has 0 unspecified atom stereocenters. The van der Waals surface area contributed by atoms with Crippen molar-refractivity contribution in [2.75, 3.05) is 31.5 Å². The van der Waals surface area contributed by atoms with Crippen molar-refractivity contribution in [3.8, 4) is 0 Å². The fourth-order valence-corrected chi connectivity index (χ4v) is 3.61. The molecular weight excluding hydrogens is 390 g/mol. The van der Waals surface area contributed by atoms with E-state index >= 15 is 0 Å². The molecule has 0 atom stereocenters. The number of halogens is 2. The SMILES string of the molecule is Cc1cc(Br)c(NC(=O)C(=O)N2CCNCC2)c(Br)c1. The van der Waals surface area contributed by atoms with Crippen LogP contribution in [0.15, 0.2) is 21.1 Å². The van der Waals surface area contributed by atoms with E-state index in [1.807, 2.05) is 19.1 Å². The summed E-state index contributed by atoms with van der Waals surface area (Å²) in [5.41, 5.74) is 1.62. The zero-order chi connectivity index (χ0) is 14.7. The van der Waals surface area contributed by atoms with E-state index in [1.54, 1.807) is 4.90 Å². The molecule has 0 saturated carbocycles. The van der Waals surface area contributed by atoms with Gasteiger partial charge in [0.2, 0.25) is 0 Å². The number of anilines is 1. The maximum Gasteiger partial charge on any atom is 0.313 e. The first-order chi connectivity index (χ1) is 9.49. The van der Waals surface area contributed by atoms with Gasteiger partial charge < -0.3 is 15.5 Å². The molecule has 0 aromatic heterocycles. The van der Waals surface area contributed by atoms with E-state index in [0.29, 0.717) is 18.8 Å². The zero-order valence-electron chi connectivity index (χ0n) is 11.0. The van der Waals surface area contributed by atoms with Crippen LogP contribution in [0.5, 0.6) is 0 Å². The molecule has 5 nitrogen and oxygen atoms in total. The second-order valence-corrected chi connectivity index (χ2v) is 6.31. The Bertz CT molecular complexity index is 519. The number of carbonyl (C=O) groups is 2. The molecule has 1 aliphatic rings. The number of aryl methyl sites for hydroxylation is 1. The van der Waals surface area contributed by atoms with Crippen LogP contribution in [-0.2, 0) is 9.59 Å². The number of hydrogen-bond donors (Lipinski definition) is 2. The lowest BCUT2D eigenvalue weighted by molar-refractivity contribution is -0.143. The number of piperazine rings is 1. The van der Waals surface area contributed by atoms with E-state index in [9.17, 15) is 9.59 Å². The number of hydrogen-bond acceptors (Lipinski definition) is 3. The molecule has 1 aliphatic heterocycles. The fraction of sp³-hybridized carbons (Fsp3) is 0.385. The van der Waals surface area contributed by atoms with E-state index in [-0.39, 0.29) is 0 Å². The number of benzene rings is 1. The first-order valence-corrected chi connectivity index (χ1v) is 7.84. The molecule has 1 aromatic rings. The number of carbonyl (C=O) groups excluding carboxylic acids is 2. The highest BCUT2D eigenvalue weighted by atomic mass is 79.9. The summed E-state index contributed by atoms with van der Waals surface area (Å²) in [6.45, 7) is 4.51. The number of nitrogens with zero attached hydrogens (tertiary/aromatic N) is 1. The van der Waals surface area contributed by atoms with Gasteiger partial charge in [0.15, 0.2) is 0 Å². The van der Waals surface area contributed by atoms with Crippen LogP contribution < -0.4 is 10.6 Å². The standard InChI is InChI=1S/C13H15Br2N3O2/c1-8-6-9(14)11(10(15)7-8)17-12(19)13(20)18-4-2-16-3-5-18/h6-7,16H,2-5H2,1H3,(H,17,19). The van der Waals surface area contributed by atoms with E-state index in [0.717, 1.165) is 27.6 Å². The lowest BCUT2D eigenvalue weighted by atomic mass is 10.2. The number of rotatable bonds is 1. The van der Waals surface area contributed by atoms with E-state index in [2.05, 4.69) is 42.5 Å². The Morgan fingerprint density at radius 2 is 1.75 bits per heavy atom. The molecule has 2 amide bonds. The van der Waals surface area contributed by atoms with Gasteiger partial charge >= 0.3 is 11.8 Å². The van der Waals surface area contributed by atoms with E-state index in [4.69, 9.17) is 0 Å². The van der Waals surface area contributed by atoms with E-state index in [1.165, 1.54) is 0 Å². The van der Waals surface area contributed by atoms with Gasteiger partial charge in [0, 0.05) is 35.1 Å². The van der Waals surface area contributed by atoms with Crippen LogP contribution >= 0.6 is 31.9 Å². The zero-order valence-corrected chi connectivity index (χ0v) is 14.2. The van der Waals surface area contributed by atoms with Gasteiger partial charge in [-0.25, -0.2) is 0 Å². The third-order valence-electron chi connectivity index (χ3n) is 3.02. The van der Waals surface area contributed by atoms with Crippen LogP contribution in [0.4, 0.5) is 5.69 Å². The Hall–Kier alpha value is -0.920. The Labute approximate surface area is 134 Å². The van der Waals surface area contributed by atoms with Crippen molar-refractivity contribution >= 4 is 49.4 Å². The Balaban J connectivity index is 2.09. The van der Waals surface area contributed by atoms with Crippen LogP contribution in [0.3, 0.4) is 0 Å². The normalized spacial score (nSPS) is 15.1. The summed E-state index contributed by atoms with van der Waals surface area (Å²) in [6, 6.07) is 3.77. The number of amides is 2. The molecule has 20 heavy (non-hydrogen) atoms. The summed E-state index contributed by atoms with van der Waals surface area (Å²) in [4.78, 5) is 25.6. The number of nitrogens with one attached hydrogen (secondary N) is 2. The van der Waals surface area contributed by atoms with Crippen molar-refractivity contribution in [2.24, 2.45) is 0 Å². The maximum atomic E-state index is 12.0. The second kappa shape index (κ2) is 6.69. The molecule has 1 aromatic carbocycles. The quantitative estimate of drug-likeness (QED) is 0.702. The highest BCUT2D eigenvalue weighted by Gasteiger charge is 2.24. The van der Waals surface area contributed by atoms with Gasteiger partial charge in [-0.15, -0.1) is 0 Å². The third kappa shape index (κ3) is 3.59. The molecule has 2 rings (SSSR count). The maximum absolute atomic E-state index is 12.0. The van der Waals surface area contributed by atoms with Gasteiger partial charge in [-0.3, -0.25) is 9.59 Å². The predicted octanol–water partition coefficient (Wildman–Crippen LogP) is 1.89. The first kappa shape index (κ1) is 15.5.